The number of oxazole rings is 1. The van der Waals surface area contributed by atoms with E-state index in [1.165, 1.54) is 0 Å². The summed E-state index contributed by atoms with van der Waals surface area (Å²) in [4.78, 5) is 11.6. The van der Waals surface area contributed by atoms with E-state index in [2.05, 4.69) is 6.07 Å². The van der Waals surface area contributed by atoms with E-state index >= 15 is 0 Å². The molecule has 0 amide bonds. The third-order valence-electron chi connectivity index (χ3n) is 2.49. The van der Waals surface area contributed by atoms with Crippen LogP contribution in [0.25, 0.3) is 11.1 Å². The zero-order chi connectivity index (χ0) is 11.5. The van der Waals surface area contributed by atoms with Crippen LogP contribution in [-0.4, -0.2) is 4.57 Å². The van der Waals surface area contributed by atoms with Gasteiger partial charge in [-0.1, -0.05) is 6.07 Å². The van der Waals surface area contributed by atoms with Crippen LogP contribution in [0.15, 0.2) is 27.4 Å². The molecule has 0 aliphatic heterocycles. The number of nitrogens with zero attached hydrogens (tertiary/aromatic N) is 2. The molecule has 0 unspecified atom stereocenters. The van der Waals surface area contributed by atoms with Crippen molar-refractivity contribution in [3.05, 3.63) is 34.3 Å². The van der Waals surface area contributed by atoms with Crippen molar-refractivity contribution in [3.63, 3.8) is 0 Å². The number of hydrogen-bond acceptors (Lipinski definition) is 3. The molecule has 82 valence electrons. The monoisotopic (exact) mass is 216 g/mol. The van der Waals surface area contributed by atoms with Crippen molar-refractivity contribution in [1.29, 1.82) is 5.26 Å². The molecule has 2 rings (SSSR count). The summed E-state index contributed by atoms with van der Waals surface area (Å²) in [5, 5.41) is 8.45. The Bertz CT molecular complexity index is 601. The summed E-state index contributed by atoms with van der Waals surface area (Å²) in [6.45, 7) is 2.48. The fourth-order valence-electron chi connectivity index (χ4n) is 1.70. The van der Waals surface area contributed by atoms with Gasteiger partial charge < -0.3 is 4.42 Å². The molecule has 0 N–H and O–H groups in total. The lowest BCUT2D eigenvalue weighted by atomic mass is 10.2. The van der Waals surface area contributed by atoms with Gasteiger partial charge in [0.15, 0.2) is 5.58 Å². The Labute approximate surface area is 92.7 Å². The van der Waals surface area contributed by atoms with Crippen LogP contribution in [0.5, 0.6) is 0 Å². The molecule has 16 heavy (non-hydrogen) atoms. The van der Waals surface area contributed by atoms with Crippen LogP contribution in [0.3, 0.4) is 0 Å². The summed E-state index contributed by atoms with van der Waals surface area (Å²) in [5.74, 6) is -0.349. The summed E-state index contributed by atoms with van der Waals surface area (Å²) in [6, 6.07) is 7.73. The van der Waals surface area contributed by atoms with Gasteiger partial charge in [-0.3, -0.25) is 4.57 Å². The smallest absolute Gasteiger partial charge is 0.408 e. The molecule has 0 aliphatic rings. The van der Waals surface area contributed by atoms with Crippen LogP contribution in [0.2, 0.25) is 0 Å². The van der Waals surface area contributed by atoms with Crippen molar-refractivity contribution in [2.75, 3.05) is 0 Å². The highest BCUT2D eigenvalue weighted by atomic mass is 16.4. The fraction of sp³-hybridized carbons (Fsp3) is 0.333. The maximum absolute atomic E-state index is 11.6. The molecule has 0 saturated heterocycles. The number of hydrogen-bond donors (Lipinski definition) is 0. The minimum absolute atomic E-state index is 0.349. The predicted molar refractivity (Wildman–Crippen MR) is 60.1 cm³/mol. The molecule has 1 aromatic carbocycles. The zero-order valence-electron chi connectivity index (χ0n) is 9.06. The molecule has 0 bridgehead atoms. The molecular weight excluding hydrogens is 204 g/mol. The summed E-state index contributed by atoms with van der Waals surface area (Å²) >= 11 is 0. The van der Waals surface area contributed by atoms with Gasteiger partial charge >= 0.3 is 5.76 Å². The number of fused-ring (bicyclic) bond motifs is 1. The van der Waals surface area contributed by atoms with Crippen LogP contribution in [0, 0.1) is 18.3 Å². The van der Waals surface area contributed by atoms with Gasteiger partial charge in [-0.2, -0.15) is 5.26 Å². The van der Waals surface area contributed by atoms with Gasteiger partial charge in [0, 0.05) is 13.0 Å². The molecule has 0 fully saturated rings. The largest absolute Gasteiger partial charge is 0.419 e. The average Bonchev–Trinajstić information content (AvgIpc) is 2.55. The maximum atomic E-state index is 11.6. The second kappa shape index (κ2) is 4.23. The van der Waals surface area contributed by atoms with Gasteiger partial charge in [-0.25, -0.2) is 4.79 Å². The van der Waals surface area contributed by atoms with Crippen LogP contribution < -0.4 is 5.76 Å². The maximum Gasteiger partial charge on any atom is 0.419 e. The molecular formula is C12H12N2O2. The Kier molecular flexibility index (Phi) is 2.78. The molecule has 0 atom stereocenters. The van der Waals surface area contributed by atoms with E-state index in [0.717, 1.165) is 11.1 Å². The highest BCUT2D eigenvalue weighted by Gasteiger charge is 2.08. The topological polar surface area (TPSA) is 58.9 Å². The first kappa shape index (κ1) is 10.5. The zero-order valence-corrected chi connectivity index (χ0v) is 9.06. The van der Waals surface area contributed by atoms with Crippen LogP contribution in [0.1, 0.15) is 18.4 Å². The van der Waals surface area contributed by atoms with E-state index < -0.39 is 0 Å². The van der Waals surface area contributed by atoms with Crippen molar-refractivity contribution in [2.24, 2.45) is 0 Å². The summed E-state index contributed by atoms with van der Waals surface area (Å²) in [6.07, 6.45) is 1.11. The Morgan fingerprint density at radius 3 is 3.06 bits per heavy atom. The average molecular weight is 216 g/mol. The first-order valence-corrected chi connectivity index (χ1v) is 5.19. The number of rotatable bonds is 3. The number of nitriles is 1. The normalized spacial score (nSPS) is 10.5. The Morgan fingerprint density at radius 1 is 1.50 bits per heavy atom. The first-order chi connectivity index (χ1) is 7.72. The van der Waals surface area contributed by atoms with Crippen LogP contribution in [-0.2, 0) is 6.54 Å². The Hall–Kier alpha value is -2.02. The van der Waals surface area contributed by atoms with E-state index in [1.54, 1.807) is 4.57 Å². The lowest BCUT2D eigenvalue weighted by Gasteiger charge is -1.99. The molecule has 1 aromatic heterocycles. The standard InChI is InChI=1S/C12H12N2O2/c1-9-4-5-10-11(8-9)16-12(15)14(10)7-3-2-6-13/h4-5,8H,2-3,7H2,1H3. The van der Waals surface area contributed by atoms with Gasteiger partial charge in [0.2, 0.25) is 0 Å². The van der Waals surface area contributed by atoms with Crippen molar-refractivity contribution in [1.82, 2.24) is 4.57 Å². The van der Waals surface area contributed by atoms with E-state index in [9.17, 15) is 4.79 Å². The van der Waals surface area contributed by atoms with E-state index in [0.29, 0.717) is 25.0 Å². The first-order valence-electron chi connectivity index (χ1n) is 5.19. The summed E-state index contributed by atoms with van der Waals surface area (Å²) < 4.78 is 6.71. The molecule has 0 aliphatic carbocycles. The minimum atomic E-state index is -0.349. The Morgan fingerprint density at radius 2 is 2.31 bits per heavy atom. The molecule has 0 spiro atoms. The SMILES string of the molecule is Cc1ccc2c(c1)oc(=O)n2CCCC#N. The number of benzene rings is 1. The van der Waals surface area contributed by atoms with Gasteiger partial charge in [0.25, 0.3) is 0 Å². The second-order valence-corrected chi connectivity index (χ2v) is 3.75. The van der Waals surface area contributed by atoms with Gasteiger partial charge in [0.05, 0.1) is 11.6 Å². The molecule has 2 aromatic rings. The second-order valence-electron chi connectivity index (χ2n) is 3.75. The predicted octanol–water partition coefficient (Wildman–Crippen LogP) is 2.21. The number of unbranched alkanes of at least 4 members (excludes halogenated alkanes) is 1. The van der Waals surface area contributed by atoms with Crippen molar-refractivity contribution >= 4 is 11.1 Å². The van der Waals surface area contributed by atoms with Gasteiger partial charge in [0.1, 0.15) is 0 Å². The summed E-state index contributed by atoms with van der Waals surface area (Å²) in [5.41, 5.74) is 2.47. The van der Waals surface area contributed by atoms with Crippen LogP contribution >= 0.6 is 0 Å². The lowest BCUT2D eigenvalue weighted by Crippen LogP contribution is -2.13. The quantitative estimate of drug-likeness (QED) is 0.739. The molecule has 4 nitrogen and oxygen atoms in total. The molecule has 4 heteroatoms. The van der Waals surface area contributed by atoms with Gasteiger partial charge in [-0.05, 0) is 31.0 Å². The third kappa shape index (κ3) is 1.84. The van der Waals surface area contributed by atoms with E-state index in [1.807, 2.05) is 25.1 Å². The third-order valence-corrected chi connectivity index (χ3v) is 2.49. The molecule has 0 radical (unpaired) electrons. The van der Waals surface area contributed by atoms with Crippen LogP contribution in [0.4, 0.5) is 0 Å². The van der Waals surface area contributed by atoms with E-state index in [-0.39, 0.29) is 5.76 Å². The van der Waals surface area contributed by atoms with E-state index in [4.69, 9.17) is 9.68 Å². The number of aryl methyl sites for hydroxylation is 2. The van der Waals surface area contributed by atoms with Crippen molar-refractivity contribution < 1.29 is 4.42 Å². The fourth-order valence-corrected chi connectivity index (χ4v) is 1.70. The Balaban J connectivity index is 2.41. The highest BCUT2D eigenvalue weighted by molar-refractivity contribution is 5.73. The summed E-state index contributed by atoms with van der Waals surface area (Å²) in [7, 11) is 0. The van der Waals surface area contributed by atoms with Crippen molar-refractivity contribution in [2.45, 2.75) is 26.3 Å². The number of aromatic nitrogens is 1. The minimum Gasteiger partial charge on any atom is -0.408 e. The van der Waals surface area contributed by atoms with Crippen molar-refractivity contribution in [3.8, 4) is 6.07 Å². The molecule has 0 saturated carbocycles. The lowest BCUT2D eigenvalue weighted by molar-refractivity contribution is 0.499. The molecule has 1 heterocycles. The van der Waals surface area contributed by atoms with Gasteiger partial charge in [-0.15, -0.1) is 0 Å². The highest BCUT2D eigenvalue weighted by Crippen LogP contribution is 2.14.